The summed E-state index contributed by atoms with van der Waals surface area (Å²) in [6, 6.07) is 12.4. The molecule has 0 unspecified atom stereocenters. The number of esters is 1. The molecular formula is C19H15N3O4S. The number of ether oxygens (including phenoxy) is 1. The summed E-state index contributed by atoms with van der Waals surface area (Å²) in [5.74, 6) is -1.01. The number of amides is 1. The lowest BCUT2D eigenvalue weighted by Gasteiger charge is -2.09. The Labute approximate surface area is 159 Å². The number of aromatic nitrogens is 1. The second-order valence-corrected chi connectivity index (χ2v) is 6.54. The maximum absolute atomic E-state index is 12.0. The molecule has 3 rings (SSSR count). The van der Waals surface area contributed by atoms with Crippen LogP contribution in [0.4, 0.5) is 5.69 Å². The summed E-state index contributed by atoms with van der Waals surface area (Å²) in [7, 11) is 0. The van der Waals surface area contributed by atoms with E-state index in [1.54, 1.807) is 30.3 Å². The van der Waals surface area contributed by atoms with Gasteiger partial charge in [-0.3, -0.25) is 9.59 Å². The lowest BCUT2D eigenvalue weighted by Crippen LogP contribution is -2.22. The highest BCUT2D eigenvalue weighted by Gasteiger charge is 2.15. The van der Waals surface area contributed by atoms with Crippen LogP contribution in [-0.2, 0) is 20.7 Å². The second kappa shape index (κ2) is 8.38. The van der Waals surface area contributed by atoms with Crippen LogP contribution in [0.2, 0.25) is 0 Å². The monoisotopic (exact) mass is 381 g/mol. The molecular weight excluding hydrogens is 366 g/mol. The average Bonchev–Trinajstić information content (AvgIpc) is 3.06. The first-order valence-electron chi connectivity index (χ1n) is 8.02. The molecule has 0 atom stereocenters. The number of aryl methyl sites for hydroxylation is 1. The lowest BCUT2D eigenvalue weighted by molar-refractivity contribution is -0.146. The number of hydrogen-bond donors (Lipinski definition) is 1. The van der Waals surface area contributed by atoms with E-state index in [4.69, 9.17) is 14.5 Å². The van der Waals surface area contributed by atoms with Crippen LogP contribution in [-0.4, -0.2) is 23.6 Å². The molecule has 0 radical (unpaired) electrons. The summed E-state index contributed by atoms with van der Waals surface area (Å²) < 4.78 is 10.2. The van der Waals surface area contributed by atoms with E-state index in [1.807, 2.05) is 24.5 Å². The maximum atomic E-state index is 12.0. The van der Waals surface area contributed by atoms with E-state index >= 15 is 0 Å². The lowest BCUT2D eigenvalue weighted by atomic mass is 10.2. The number of carbonyl (C=O) groups is 2. The number of thiocyanates is 1. The molecule has 0 aliphatic carbocycles. The molecule has 0 bridgehead atoms. The molecule has 1 amide bonds. The van der Waals surface area contributed by atoms with Crippen molar-refractivity contribution in [2.45, 2.75) is 18.2 Å². The van der Waals surface area contributed by atoms with E-state index in [0.717, 1.165) is 27.6 Å². The summed E-state index contributed by atoms with van der Waals surface area (Å²) in [5, 5.41) is 18.0. The normalized spacial score (nSPS) is 10.4. The van der Waals surface area contributed by atoms with Crippen LogP contribution in [0.25, 0.3) is 11.0 Å². The number of para-hydroxylation sites is 1. The van der Waals surface area contributed by atoms with E-state index in [9.17, 15) is 9.59 Å². The predicted molar refractivity (Wildman–Crippen MR) is 100.0 cm³/mol. The minimum Gasteiger partial charge on any atom is -0.455 e. The fourth-order valence-electron chi connectivity index (χ4n) is 2.48. The van der Waals surface area contributed by atoms with Crippen molar-refractivity contribution in [3.05, 3.63) is 53.7 Å². The van der Waals surface area contributed by atoms with Gasteiger partial charge in [0.15, 0.2) is 12.2 Å². The van der Waals surface area contributed by atoms with Gasteiger partial charge in [-0.05, 0) is 54.6 Å². The van der Waals surface area contributed by atoms with Crippen molar-refractivity contribution in [2.24, 2.45) is 0 Å². The summed E-state index contributed by atoms with van der Waals surface area (Å²) >= 11 is 1.04. The van der Waals surface area contributed by atoms with Gasteiger partial charge in [-0.25, -0.2) is 0 Å². The van der Waals surface area contributed by atoms with Gasteiger partial charge >= 0.3 is 5.97 Å². The van der Waals surface area contributed by atoms with Crippen molar-refractivity contribution in [1.82, 2.24) is 5.16 Å². The average molecular weight is 381 g/mol. The van der Waals surface area contributed by atoms with Crippen molar-refractivity contribution in [2.75, 3.05) is 11.9 Å². The Balaban J connectivity index is 1.53. The quantitative estimate of drug-likeness (QED) is 0.396. The molecule has 0 aliphatic heterocycles. The van der Waals surface area contributed by atoms with E-state index in [2.05, 4.69) is 10.5 Å². The van der Waals surface area contributed by atoms with Gasteiger partial charge < -0.3 is 14.6 Å². The number of nitrogens with zero attached hydrogens (tertiary/aromatic N) is 2. The number of thioether (sulfide) groups is 1. The number of nitriles is 1. The molecule has 1 N–H and O–H groups in total. The van der Waals surface area contributed by atoms with E-state index < -0.39 is 18.5 Å². The summed E-state index contributed by atoms with van der Waals surface area (Å²) in [5.41, 5.74) is 2.47. The molecule has 0 aliphatic rings. The van der Waals surface area contributed by atoms with Gasteiger partial charge in [0.25, 0.3) is 5.91 Å². The van der Waals surface area contributed by atoms with Crippen molar-refractivity contribution >= 4 is 40.3 Å². The smallest absolute Gasteiger partial charge is 0.312 e. The molecule has 1 aromatic heterocycles. The SMILES string of the molecule is Cc1cc(SC#N)ccc1NC(=O)COC(=O)Cc1noc2ccccc12. The van der Waals surface area contributed by atoms with Crippen LogP contribution in [0.15, 0.2) is 51.9 Å². The van der Waals surface area contributed by atoms with Crippen molar-refractivity contribution in [3.63, 3.8) is 0 Å². The van der Waals surface area contributed by atoms with Crippen LogP contribution >= 0.6 is 11.8 Å². The van der Waals surface area contributed by atoms with E-state index in [-0.39, 0.29) is 6.42 Å². The molecule has 1 heterocycles. The van der Waals surface area contributed by atoms with Gasteiger partial charge in [0, 0.05) is 16.0 Å². The van der Waals surface area contributed by atoms with Crippen LogP contribution in [0.1, 0.15) is 11.3 Å². The molecule has 27 heavy (non-hydrogen) atoms. The van der Waals surface area contributed by atoms with Crippen molar-refractivity contribution in [1.29, 1.82) is 5.26 Å². The number of nitrogens with one attached hydrogen (secondary N) is 1. The second-order valence-electron chi connectivity index (χ2n) is 5.68. The Hall–Kier alpha value is -3.31. The Kier molecular flexibility index (Phi) is 5.74. The molecule has 0 fully saturated rings. The highest BCUT2D eigenvalue weighted by molar-refractivity contribution is 8.03. The Morgan fingerprint density at radius 3 is 2.89 bits per heavy atom. The topological polar surface area (TPSA) is 105 Å². The largest absolute Gasteiger partial charge is 0.455 e. The number of rotatable bonds is 6. The Bertz CT molecular complexity index is 1040. The first kappa shape index (κ1) is 18.5. The van der Waals surface area contributed by atoms with Gasteiger partial charge in [0.2, 0.25) is 0 Å². The third kappa shape index (κ3) is 4.65. The highest BCUT2D eigenvalue weighted by Crippen LogP contribution is 2.23. The Morgan fingerprint density at radius 1 is 1.30 bits per heavy atom. The molecule has 0 saturated carbocycles. The summed E-state index contributed by atoms with van der Waals surface area (Å²) in [6.07, 6.45) is -0.0800. The predicted octanol–water partition coefficient (Wildman–Crippen LogP) is 3.43. The van der Waals surface area contributed by atoms with Crippen LogP contribution in [0.5, 0.6) is 0 Å². The summed E-state index contributed by atoms with van der Waals surface area (Å²) in [6.45, 7) is 1.42. The minimum atomic E-state index is -0.568. The zero-order chi connectivity index (χ0) is 19.2. The van der Waals surface area contributed by atoms with Gasteiger partial charge in [-0.15, -0.1) is 0 Å². The maximum Gasteiger partial charge on any atom is 0.312 e. The zero-order valence-electron chi connectivity index (χ0n) is 14.4. The van der Waals surface area contributed by atoms with Crippen LogP contribution < -0.4 is 5.32 Å². The molecule has 3 aromatic rings. The standard InChI is InChI=1S/C19H15N3O4S/c1-12-8-13(27-11-20)6-7-15(12)21-18(23)10-25-19(24)9-16-14-4-2-3-5-17(14)26-22-16/h2-8H,9-10H2,1H3,(H,21,23). The minimum absolute atomic E-state index is 0.0800. The number of fused-ring (bicyclic) bond motifs is 1. The number of benzene rings is 2. The summed E-state index contributed by atoms with van der Waals surface area (Å²) in [4.78, 5) is 24.8. The molecule has 8 heteroatoms. The van der Waals surface area contributed by atoms with Crippen LogP contribution in [0, 0.1) is 17.6 Å². The molecule has 136 valence electrons. The third-order valence-corrected chi connectivity index (χ3v) is 4.34. The third-order valence-electron chi connectivity index (χ3n) is 3.76. The first-order chi connectivity index (χ1) is 13.1. The van der Waals surface area contributed by atoms with Gasteiger partial charge in [0.1, 0.15) is 11.1 Å². The molecule has 0 saturated heterocycles. The van der Waals surface area contributed by atoms with Gasteiger partial charge in [0.05, 0.1) is 6.42 Å². The van der Waals surface area contributed by atoms with Crippen LogP contribution in [0.3, 0.4) is 0 Å². The highest BCUT2D eigenvalue weighted by atomic mass is 32.2. The van der Waals surface area contributed by atoms with E-state index in [1.165, 1.54) is 0 Å². The Morgan fingerprint density at radius 2 is 2.11 bits per heavy atom. The number of hydrogen-bond acceptors (Lipinski definition) is 7. The molecule has 0 spiro atoms. The van der Waals surface area contributed by atoms with Crippen molar-refractivity contribution < 1.29 is 18.8 Å². The fourth-order valence-corrected chi connectivity index (χ4v) is 2.96. The number of anilines is 1. The van der Waals surface area contributed by atoms with Gasteiger partial charge in [-0.1, -0.05) is 17.3 Å². The van der Waals surface area contributed by atoms with E-state index in [0.29, 0.717) is 17.0 Å². The van der Waals surface area contributed by atoms with Gasteiger partial charge in [-0.2, -0.15) is 5.26 Å². The molecule has 2 aromatic carbocycles. The zero-order valence-corrected chi connectivity index (χ0v) is 15.2. The molecule has 7 nitrogen and oxygen atoms in total. The number of carbonyl (C=O) groups excluding carboxylic acids is 2. The van der Waals surface area contributed by atoms with Crippen molar-refractivity contribution in [3.8, 4) is 5.40 Å². The first-order valence-corrected chi connectivity index (χ1v) is 8.84. The fraction of sp³-hybridized carbons (Fsp3) is 0.158.